The van der Waals surface area contributed by atoms with Gasteiger partial charge in [0.05, 0.1) is 5.71 Å². The van der Waals surface area contributed by atoms with Crippen molar-refractivity contribution >= 4 is 11.7 Å². The van der Waals surface area contributed by atoms with Crippen LogP contribution in [0.15, 0.2) is 5.16 Å². The van der Waals surface area contributed by atoms with Gasteiger partial charge in [-0.05, 0) is 32.1 Å². The number of hydrogen-bond donors (Lipinski definition) is 0. The SMILES string of the molecule is CCCCCCC(=NOC)C1CCCCCCCCCC(=O)O1. The molecule has 1 rings (SSSR count). The Morgan fingerprint density at radius 1 is 1.09 bits per heavy atom. The molecule has 1 fully saturated rings. The van der Waals surface area contributed by atoms with Crippen LogP contribution in [0.1, 0.15) is 96.8 Å². The molecule has 0 aromatic heterocycles. The molecular formula is C19H35NO3. The van der Waals surface area contributed by atoms with Crippen LogP contribution < -0.4 is 0 Å². The van der Waals surface area contributed by atoms with E-state index in [4.69, 9.17) is 9.57 Å². The topological polar surface area (TPSA) is 47.9 Å². The Hall–Kier alpha value is -1.06. The number of carbonyl (C=O) groups excluding carboxylic acids is 1. The summed E-state index contributed by atoms with van der Waals surface area (Å²) in [6.45, 7) is 2.21. The number of ether oxygens (including phenoxy) is 1. The number of oxime groups is 1. The molecule has 0 spiro atoms. The smallest absolute Gasteiger partial charge is 0.306 e. The highest BCUT2D eigenvalue weighted by atomic mass is 16.6. The van der Waals surface area contributed by atoms with E-state index in [9.17, 15) is 4.79 Å². The van der Waals surface area contributed by atoms with E-state index in [0.29, 0.717) is 6.42 Å². The number of carbonyl (C=O) groups is 1. The minimum atomic E-state index is -0.191. The Kier molecular flexibility index (Phi) is 11.6. The molecule has 134 valence electrons. The van der Waals surface area contributed by atoms with Crippen LogP contribution in [-0.4, -0.2) is 24.9 Å². The summed E-state index contributed by atoms with van der Waals surface area (Å²) in [6, 6.07) is 0. The molecular weight excluding hydrogens is 290 g/mol. The van der Waals surface area contributed by atoms with Gasteiger partial charge in [-0.1, -0.05) is 63.4 Å². The van der Waals surface area contributed by atoms with E-state index in [-0.39, 0.29) is 12.1 Å². The summed E-state index contributed by atoms with van der Waals surface area (Å²) < 4.78 is 5.75. The number of cyclic esters (lactones) is 1. The summed E-state index contributed by atoms with van der Waals surface area (Å²) >= 11 is 0. The first-order valence-electron chi connectivity index (χ1n) is 9.57. The Morgan fingerprint density at radius 2 is 1.78 bits per heavy atom. The van der Waals surface area contributed by atoms with Crippen molar-refractivity contribution in [1.82, 2.24) is 0 Å². The van der Waals surface area contributed by atoms with Crippen molar-refractivity contribution in [2.45, 2.75) is 103 Å². The van der Waals surface area contributed by atoms with Gasteiger partial charge in [0, 0.05) is 6.42 Å². The molecule has 1 atom stereocenters. The molecule has 1 aliphatic heterocycles. The van der Waals surface area contributed by atoms with Crippen molar-refractivity contribution in [3.8, 4) is 0 Å². The Bertz CT molecular complexity index is 342. The summed E-state index contributed by atoms with van der Waals surface area (Å²) in [5.74, 6) is -0.0760. The summed E-state index contributed by atoms with van der Waals surface area (Å²) in [5, 5.41) is 4.19. The number of rotatable bonds is 7. The first kappa shape index (κ1) is 20.0. The zero-order valence-electron chi connectivity index (χ0n) is 15.1. The van der Waals surface area contributed by atoms with Gasteiger partial charge in [-0.3, -0.25) is 4.79 Å². The second kappa shape index (κ2) is 13.4. The molecule has 4 nitrogen and oxygen atoms in total. The highest BCUT2D eigenvalue weighted by molar-refractivity contribution is 5.90. The first-order valence-corrected chi connectivity index (χ1v) is 9.57. The molecule has 0 radical (unpaired) electrons. The van der Waals surface area contributed by atoms with Crippen molar-refractivity contribution < 1.29 is 14.4 Å². The molecule has 0 N–H and O–H groups in total. The van der Waals surface area contributed by atoms with Crippen LogP contribution in [0.25, 0.3) is 0 Å². The number of nitrogens with zero attached hydrogens (tertiary/aromatic N) is 1. The Balaban J connectivity index is 2.60. The lowest BCUT2D eigenvalue weighted by Gasteiger charge is -2.20. The first-order chi connectivity index (χ1) is 11.3. The van der Waals surface area contributed by atoms with Crippen LogP contribution in [0.2, 0.25) is 0 Å². The van der Waals surface area contributed by atoms with Gasteiger partial charge in [0.15, 0.2) is 0 Å². The second-order valence-corrected chi connectivity index (χ2v) is 6.57. The molecule has 0 aromatic rings. The molecule has 4 heteroatoms. The fourth-order valence-electron chi connectivity index (χ4n) is 3.11. The second-order valence-electron chi connectivity index (χ2n) is 6.57. The maximum Gasteiger partial charge on any atom is 0.306 e. The minimum absolute atomic E-state index is 0.0760. The largest absolute Gasteiger partial charge is 0.456 e. The van der Waals surface area contributed by atoms with Crippen LogP contribution >= 0.6 is 0 Å². The highest BCUT2D eigenvalue weighted by Gasteiger charge is 2.21. The number of esters is 1. The summed E-state index contributed by atoms with van der Waals surface area (Å²) in [5.41, 5.74) is 0.911. The number of unbranched alkanes of at least 4 members (excludes halogenated alkanes) is 3. The van der Waals surface area contributed by atoms with Gasteiger partial charge in [-0.15, -0.1) is 0 Å². The van der Waals surface area contributed by atoms with Crippen molar-refractivity contribution in [2.24, 2.45) is 5.16 Å². The van der Waals surface area contributed by atoms with E-state index in [1.54, 1.807) is 7.11 Å². The van der Waals surface area contributed by atoms with Crippen LogP contribution in [0, 0.1) is 0 Å². The molecule has 23 heavy (non-hydrogen) atoms. The molecule has 1 saturated heterocycles. The van der Waals surface area contributed by atoms with Gasteiger partial charge >= 0.3 is 5.97 Å². The van der Waals surface area contributed by atoms with Gasteiger partial charge < -0.3 is 9.57 Å². The van der Waals surface area contributed by atoms with E-state index < -0.39 is 0 Å². The van der Waals surface area contributed by atoms with Gasteiger partial charge in [0.2, 0.25) is 0 Å². The lowest BCUT2D eigenvalue weighted by molar-refractivity contribution is -0.146. The predicted octanol–water partition coefficient (Wildman–Crippen LogP) is 5.40. The van der Waals surface area contributed by atoms with Gasteiger partial charge in [0.25, 0.3) is 0 Å². The molecule has 1 unspecified atom stereocenters. The third-order valence-corrected chi connectivity index (χ3v) is 4.49. The zero-order chi connectivity index (χ0) is 16.8. The molecule has 0 bridgehead atoms. The molecule has 0 amide bonds. The van der Waals surface area contributed by atoms with E-state index in [1.165, 1.54) is 44.9 Å². The molecule has 0 aliphatic carbocycles. The van der Waals surface area contributed by atoms with Crippen molar-refractivity contribution in [3.05, 3.63) is 0 Å². The Morgan fingerprint density at radius 3 is 2.48 bits per heavy atom. The van der Waals surface area contributed by atoms with Crippen LogP contribution in [0.5, 0.6) is 0 Å². The average molecular weight is 325 g/mol. The van der Waals surface area contributed by atoms with Crippen molar-refractivity contribution in [2.75, 3.05) is 7.11 Å². The molecule has 1 heterocycles. The lowest BCUT2D eigenvalue weighted by Crippen LogP contribution is -2.28. The fourth-order valence-corrected chi connectivity index (χ4v) is 3.11. The third-order valence-electron chi connectivity index (χ3n) is 4.49. The quantitative estimate of drug-likeness (QED) is 0.273. The van der Waals surface area contributed by atoms with Crippen molar-refractivity contribution in [3.63, 3.8) is 0 Å². The van der Waals surface area contributed by atoms with Crippen molar-refractivity contribution in [1.29, 1.82) is 0 Å². The Labute approximate surface area is 142 Å². The lowest BCUT2D eigenvalue weighted by atomic mass is 9.99. The summed E-state index contributed by atoms with van der Waals surface area (Å²) in [6.07, 6.45) is 15.0. The third kappa shape index (κ3) is 9.62. The van der Waals surface area contributed by atoms with Crippen LogP contribution in [0.3, 0.4) is 0 Å². The molecule has 1 aliphatic rings. The van der Waals surface area contributed by atoms with Gasteiger partial charge in [-0.2, -0.15) is 0 Å². The minimum Gasteiger partial charge on any atom is -0.456 e. The monoisotopic (exact) mass is 325 g/mol. The molecule has 0 saturated carbocycles. The standard InChI is InChI=1S/C19H35NO3/c1-3-4-5-11-14-17(20-22-2)18-15-12-9-7-6-8-10-13-16-19(21)23-18/h18H,3-16H2,1-2H3. The van der Waals surface area contributed by atoms with E-state index in [0.717, 1.165) is 44.2 Å². The predicted molar refractivity (Wildman–Crippen MR) is 94.6 cm³/mol. The van der Waals surface area contributed by atoms with E-state index in [1.807, 2.05) is 0 Å². The van der Waals surface area contributed by atoms with Gasteiger partial charge in [0.1, 0.15) is 13.2 Å². The normalized spacial score (nSPS) is 21.9. The average Bonchev–Trinajstić information content (AvgIpc) is 2.53. The number of hydrogen-bond acceptors (Lipinski definition) is 4. The fraction of sp³-hybridized carbons (Fsp3) is 0.895. The van der Waals surface area contributed by atoms with E-state index >= 15 is 0 Å². The van der Waals surface area contributed by atoms with E-state index in [2.05, 4.69) is 12.1 Å². The maximum absolute atomic E-state index is 12.1. The molecule has 0 aromatic carbocycles. The van der Waals surface area contributed by atoms with Gasteiger partial charge in [-0.25, -0.2) is 0 Å². The highest BCUT2D eigenvalue weighted by Crippen LogP contribution is 2.18. The van der Waals surface area contributed by atoms with Crippen LogP contribution in [0.4, 0.5) is 0 Å². The summed E-state index contributed by atoms with van der Waals surface area (Å²) in [4.78, 5) is 17.1. The zero-order valence-corrected chi connectivity index (χ0v) is 15.1. The van der Waals surface area contributed by atoms with Crippen LogP contribution in [-0.2, 0) is 14.4 Å². The summed E-state index contributed by atoms with van der Waals surface area (Å²) in [7, 11) is 1.57. The maximum atomic E-state index is 12.1.